The summed E-state index contributed by atoms with van der Waals surface area (Å²) in [5.41, 5.74) is 6.50. The van der Waals surface area contributed by atoms with E-state index in [1.165, 1.54) is 7.11 Å². The number of rotatable bonds is 5. The zero-order chi connectivity index (χ0) is 12.0. The summed E-state index contributed by atoms with van der Waals surface area (Å²) in [6.45, 7) is 2.46. The molecule has 0 fully saturated rings. The third-order valence-corrected chi connectivity index (χ3v) is 2.17. The number of nitrogen functional groups attached to an aromatic ring is 1. The van der Waals surface area contributed by atoms with Crippen LogP contribution in [-0.2, 0) is 4.74 Å². The van der Waals surface area contributed by atoms with Crippen molar-refractivity contribution in [1.82, 2.24) is 0 Å². The Morgan fingerprint density at radius 3 is 2.81 bits per heavy atom. The van der Waals surface area contributed by atoms with E-state index in [1.807, 2.05) is 6.92 Å². The number of benzene rings is 1. The number of hydrogen-bond acceptors (Lipinski definition) is 4. The Kier molecular flexibility index (Phi) is 4.64. The molecule has 4 heteroatoms. The Bertz CT molecular complexity index is 363. The van der Waals surface area contributed by atoms with Crippen LogP contribution in [0.4, 0.5) is 5.69 Å². The molecule has 0 aliphatic carbocycles. The number of methoxy groups -OCH3 is 1. The molecule has 1 aromatic carbocycles. The summed E-state index contributed by atoms with van der Waals surface area (Å²) in [7, 11) is 1.51. The zero-order valence-electron chi connectivity index (χ0n) is 9.66. The maximum atomic E-state index is 11.7. The standard InChI is InChI=1S/C12H17NO3/c1-3-4-7-16-12(14)10-8-9(13)5-6-11(10)15-2/h5-6,8H,3-4,7,13H2,1-2H3. The van der Waals surface area contributed by atoms with E-state index in [2.05, 4.69) is 0 Å². The minimum Gasteiger partial charge on any atom is -0.496 e. The lowest BCUT2D eigenvalue weighted by Crippen LogP contribution is -2.08. The average molecular weight is 223 g/mol. The second kappa shape index (κ2) is 6.00. The first-order valence-electron chi connectivity index (χ1n) is 5.29. The van der Waals surface area contributed by atoms with Crippen molar-refractivity contribution in [3.05, 3.63) is 23.8 Å². The summed E-state index contributed by atoms with van der Waals surface area (Å²) in [6.07, 6.45) is 1.84. The monoisotopic (exact) mass is 223 g/mol. The van der Waals surface area contributed by atoms with Gasteiger partial charge in [0.25, 0.3) is 0 Å². The Balaban J connectivity index is 2.76. The number of anilines is 1. The number of ether oxygens (including phenoxy) is 2. The van der Waals surface area contributed by atoms with Crippen molar-refractivity contribution >= 4 is 11.7 Å². The maximum absolute atomic E-state index is 11.7. The number of unbranched alkanes of at least 4 members (excludes halogenated alkanes) is 1. The first-order valence-corrected chi connectivity index (χ1v) is 5.29. The lowest BCUT2D eigenvalue weighted by molar-refractivity contribution is 0.0496. The maximum Gasteiger partial charge on any atom is 0.341 e. The van der Waals surface area contributed by atoms with E-state index >= 15 is 0 Å². The minimum atomic E-state index is -0.391. The predicted octanol–water partition coefficient (Wildman–Crippen LogP) is 2.23. The summed E-state index contributed by atoms with van der Waals surface area (Å²) < 4.78 is 10.2. The fourth-order valence-electron chi connectivity index (χ4n) is 1.27. The highest BCUT2D eigenvalue weighted by atomic mass is 16.5. The van der Waals surface area contributed by atoms with Crippen LogP contribution in [0.25, 0.3) is 0 Å². The van der Waals surface area contributed by atoms with E-state index < -0.39 is 5.97 Å². The molecule has 0 bridgehead atoms. The van der Waals surface area contributed by atoms with Gasteiger partial charge in [0.05, 0.1) is 13.7 Å². The zero-order valence-corrected chi connectivity index (χ0v) is 9.66. The topological polar surface area (TPSA) is 61.5 Å². The molecular weight excluding hydrogens is 206 g/mol. The smallest absolute Gasteiger partial charge is 0.341 e. The van der Waals surface area contributed by atoms with Crippen molar-refractivity contribution < 1.29 is 14.3 Å². The number of nitrogens with two attached hydrogens (primary N) is 1. The van der Waals surface area contributed by atoms with Gasteiger partial charge in [0.2, 0.25) is 0 Å². The van der Waals surface area contributed by atoms with Crippen molar-refractivity contribution in [3.8, 4) is 5.75 Å². The summed E-state index contributed by atoms with van der Waals surface area (Å²) in [6, 6.07) is 4.90. The van der Waals surface area contributed by atoms with Gasteiger partial charge in [0.15, 0.2) is 0 Å². The fraction of sp³-hybridized carbons (Fsp3) is 0.417. The Labute approximate surface area is 95.3 Å². The van der Waals surface area contributed by atoms with E-state index in [0.29, 0.717) is 23.6 Å². The van der Waals surface area contributed by atoms with Gasteiger partial charge in [-0.2, -0.15) is 0 Å². The van der Waals surface area contributed by atoms with Crippen LogP contribution in [0.5, 0.6) is 5.75 Å². The van der Waals surface area contributed by atoms with Crippen LogP contribution >= 0.6 is 0 Å². The summed E-state index contributed by atoms with van der Waals surface area (Å²) in [5, 5.41) is 0. The molecule has 0 radical (unpaired) electrons. The SMILES string of the molecule is CCCCOC(=O)c1cc(N)ccc1OC. The molecule has 0 saturated carbocycles. The molecule has 1 aromatic rings. The van der Waals surface area contributed by atoms with Crippen molar-refractivity contribution in [3.63, 3.8) is 0 Å². The Hall–Kier alpha value is -1.71. The predicted molar refractivity (Wildman–Crippen MR) is 62.6 cm³/mol. The number of hydrogen-bond donors (Lipinski definition) is 1. The molecule has 0 amide bonds. The van der Waals surface area contributed by atoms with Crippen LogP contribution in [0.3, 0.4) is 0 Å². The summed E-state index contributed by atoms with van der Waals surface area (Å²) >= 11 is 0. The molecule has 88 valence electrons. The molecule has 2 N–H and O–H groups in total. The highest BCUT2D eigenvalue weighted by Gasteiger charge is 2.13. The van der Waals surface area contributed by atoms with E-state index in [1.54, 1.807) is 18.2 Å². The van der Waals surface area contributed by atoms with Crippen LogP contribution in [-0.4, -0.2) is 19.7 Å². The van der Waals surface area contributed by atoms with E-state index in [9.17, 15) is 4.79 Å². The molecule has 16 heavy (non-hydrogen) atoms. The van der Waals surface area contributed by atoms with E-state index in [-0.39, 0.29) is 0 Å². The quantitative estimate of drug-likeness (QED) is 0.472. The molecule has 0 aliphatic rings. The molecule has 1 rings (SSSR count). The second-order valence-electron chi connectivity index (χ2n) is 3.45. The van der Waals surface area contributed by atoms with Crippen molar-refractivity contribution in [1.29, 1.82) is 0 Å². The minimum absolute atomic E-state index is 0.374. The Morgan fingerprint density at radius 2 is 2.19 bits per heavy atom. The van der Waals surface area contributed by atoms with Crippen LogP contribution in [0.1, 0.15) is 30.1 Å². The Morgan fingerprint density at radius 1 is 1.44 bits per heavy atom. The van der Waals surface area contributed by atoms with Crippen molar-refractivity contribution in [2.75, 3.05) is 19.5 Å². The molecule has 0 heterocycles. The average Bonchev–Trinajstić information content (AvgIpc) is 2.29. The van der Waals surface area contributed by atoms with Gasteiger partial charge in [-0.25, -0.2) is 4.79 Å². The number of carbonyl (C=O) groups excluding carboxylic acids is 1. The first kappa shape index (κ1) is 12.4. The van der Waals surface area contributed by atoms with Crippen LogP contribution in [0.15, 0.2) is 18.2 Å². The molecule has 4 nitrogen and oxygen atoms in total. The second-order valence-corrected chi connectivity index (χ2v) is 3.45. The van der Waals surface area contributed by atoms with Crippen LogP contribution < -0.4 is 10.5 Å². The van der Waals surface area contributed by atoms with Gasteiger partial charge >= 0.3 is 5.97 Å². The van der Waals surface area contributed by atoms with Crippen LogP contribution in [0.2, 0.25) is 0 Å². The van der Waals surface area contributed by atoms with Gasteiger partial charge in [-0.15, -0.1) is 0 Å². The fourth-order valence-corrected chi connectivity index (χ4v) is 1.27. The molecule has 0 atom stereocenters. The molecule has 0 aliphatic heterocycles. The first-order chi connectivity index (χ1) is 7.69. The third kappa shape index (κ3) is 3.15. The van der Waals surface area contributed by atoms with Crippen molar-refractivity contribution in [2.45, 2.75) is 19.8 Å². The number of carbonyl (C=O) groups is 1. The highest BCUT2D eigenvalue weighted by molar-refractivity contribution is 5.93. The van der Waals surface area contributed by atoms with Gasteiger partial charge in [0, 0.05) is 5.69 Å². The summed E-state index contributed by atoms with van der Waals surface area (Å²) in [5.74, 6) is 0.0910. The highest BCUT2D eigenvalue weighted by Crippen LogP contribution is 2.21. The molecular formula is C12H17NO3. The summed E-state index contributed by atoms with van der Waals surface area (Å²) in [4.78, 5) is 11.7. The number of esters is 1. The van der Waals surface area contributed by atoms with Gasteiger partial charge in [0.1, 0.15) is 11.3 Å². The largest absolute Gasteiger partial charge is 0.496 e. The van der Waals surface area contributed by atoms with E-state index in [4.69, 9.17) is 15.2 Å². The van der Waals surface area contributed by atoms with Gasteiger partial charge in [-0.3, -0.25) is 0 Å². The molecule has 0 spiro atoms. The normalized spacial score (nSPS) is 9.88. The molecule has 0 saturated heterocycles. The van der Waals surface area contributed by atoms with Gasteiger partial charge < -0.3 is 15.2 Å². The van der Waals surface area contributed by atoms with Gasteiger partial charge in [-0.1, -0.05) is 13.3 Å². The van der Waals surface area contributed by atoms with E-state index in [0.717, 1.165) is 12.8 Å². The molecule has 0 aromatic heterocycles. The lowest BCUT2D eigenvalue weighted by atomic mass is 10.2. The van der Waals surface area contributed by atoms with Crippen molar-refractivity contribution in [2.24, 2.45) is 0 Å². The van der Waals surface area contributed by atoms with Crippen LogP contribution in [0, 0.1) is 0 Å². The molecule has 0 unspecified atom stereocenters. The third-order valence-electron chi connectivity index (χ3n) is 2.17. The van der Waals surface area contributed by atoms with Gasteiger partial charge in [-0.05, 0) is 24.6 Å². The lowest BCUT2D eigenvalue weighted by Gasteiger charge is -2.09.